The van der Waals surface area contributed by atoms with Gasteiger partial charge in [0.1, 0.15) is 10.7 Å². The SMILES string of the molecule is O=S(=O)(c1cc(Br)cc(CCl)c1F)N1CC2CCC(C1)O2. The highest BCUT2D eigenvalue weighted by Crippen LogP contribution is 2.32. The number of morpholine rings is 1. The van der Waals surface area contributed by atoms with Gasteiger partial charge < -0.3 is 4.74 Å². The number of benzene rings is 1. The molecule has 0 saturated carbocycles. The quantitative estimate of drug-likeness (QED) is 0.736. The van der Waals surface area contributed by atoms with E-state index in [2.05, 4.69) is 15.9 Å². The molecule has 2 bridgehead atoms. The summed E-state index contributed by atoms with van der Waals surface area (Å²) < 4.78 is 47.2. The van der Waals surface area contributed by atoms with Gasteiger partial charge in [0.2, 0.25) is 10.0 Å². The Balaban J connectivity index is 2.00. The highest BCUT2D eigenvalue weighted by atomic mass is 79.9. The molecule has 1 aromatic carbocycles. The number of hydrogen-bond acceptors (Lipinski definition) is 3. The molecular weight excluding hydrogens is 385 g/mol. The fraction of sp³-hybridized carbons (Fsp3) is 0.538. The summed E-state index contributed by atoms with van der Waals surface area (Å²) >= 11 is 8.89. The number of rotatable bonds is 3. The molecule has 4 nitrogen and oxygen atoms in total. The number of fused-ring (bicyclic) bond motifs is 2. The van der Waals surface area contributed by atoms with Crippen LogP contribution in [0, 0.1) is 5.82 Å². The molecule has 0 N–H and O–H groups in total. The summed E-state index contributed by atoms with van der Waals surface area (Å²) in [5.41, 5.74) is 0.167. The molecule has 2 heterocycles. The summed E-state index contributed by atoms with van der Waals surface area (Å²) in [5.74, 6) is -0.852. The number of nitrogens with zero attached hydrogens (tertiary/aromatic N) is 1. The first-order valence-electron chi connectivity index (χ1n) is 6.61. The molecule has 0 aliphatic carbocycles. The van der Waals surface area contributed by atoms with E-state index in [4.69, 9.17) is 16.3 Å². The molecule has 2 saturated heterocycles. The molecule has 0 amide bonds. The average Bonchev–Trinajstić information content (AvgIpc) is 2.79. The minimum absolute atomic E-state index is 0.0812. The monoisotopic (exact) mass is 397 g/mol. The van der Waals surface area contributed by atoms with Gasteiger partial charge in [-0.15, -0.1) is 11.6 Å². The average molecular weight is 399 g/mol. The van der Waals surface area contributed by atoms with Crippen LogP contribution in [0.4, 0.5) is 4.39 Å². The lowest BCUT2D eigenvalue weighted by molar-refractivity contribution is -0.0115. The lowest BCUT2D eigenvalue weighted by Gasteiger charge is -2.31. The molecule has 0 radical (unpaired) electrons. The zero-order valence-corrected chi connectivity index (χ0v) is 14.2. The van der Waals surface area contributed by atoms with Crippen LogP contribution in [0.1, 0.15) is 18.4 Å². The van der Waals surface area contributed by atoms with E-state index in [1.165, 1.54) is 16.4 Å². The molecule has 2 atom stereocenters. The fourth-order valence-corrected chi connectivity index (χ4v) is 5.30. The summed E-state index contributed by atoms with van der Waals surface area (Å²) in [4.78, 5) is -0.325. The topological polar surface area (TPSA) is 46.6 Å². The van der Waals surface area contributed by atoms with Gasteiger partial charge in [0.15, 0.2) is 0 Å². The zero-order valence-electron chi connectivity index (χ0n) is 11.1. The van der Waals surface area contributed by atoms with Gasteiger partial charge in [-0.1, -0.05) is 15.9 Å². The van der Waals surface area contributed by atoms with E-state index in [1.54, 1.807) is 0 Å². The van der Waals surface area contributed by atoms with Crippen molar-refractivity contribution in [1.29, 1.82) is 0 Å². The molecule has 2 aliphatic rings. The van der Waals surface area contributed by atoms with Crippen molar-refractivity contribution >= 4 is 37.6 Å². The molecular formula is C13H14BrClFNO3S. The Morgan fingerprint density at radius 2 is 1.95 bits per heavy atom. The molecule has 116 valence electrons. The van der Waals surface area contributed by atoms with E-state index in [-0.39, 0.29) is 41.6 Å². The molecule has 1 aromatic rings. The van der Waals surface area contributed by atoms with Crippen molar-refractivity contribution in [3.05, 3.63) is 28.0 Å². The van der Waals surface area contributed by atoms with Crippen molar-refractivity contribution < 1.29 is 17.5 Å². The second-order valence-electron chi connectivity index (χ2n) is 5.29. The van der Waals surface area contributed by atoms with E-state index in [9.17, 15) is 12.8 Å². The minimum Gasteiger partial charge on any atom is -0.372 e. The Hall–Kier alpha value is -0.210. The van der Waals surface area contributed by atoms with Crippen LogP contribution in [0.2, 0.25) is 0 Å². The van der Waals surface area contributed by atoms with Gasteiger partial charge in [0.05, 0.1) is 18.1 Å². The van der Waals surface area contributed by atoms with Gasteiger partial charge in [-0.25, -0.2) is 12.8 Å². The van der Waals surface area contributed by atoms with Gasteiger partial charge in [0.25, 0.3) is 0 Å². The van der Waals surface area contributed by atoms with Crippen LogP contribution in [-0.2, 0) is 20.6 Å². The van der Waals surface area contributed by atoms with E-state index in [1.807, 2.05) is 0 Å². The van der Waals surface area contributed by atoms with Crippen molar-refractivity contribution in [2.45, 2.75) is 35.8 Å². The van der Waals surface area contributed by atoms with Crippen LogP contribution < -0.4 is 0 Å². The molecule has 0 spiro atoms. The summed E-state index contributed by atoms with van der Waals surface area (Å²) in [6.07, 6.45) is 1.54. The largest absolute Gasteiger partial charge is 0.372 e. The van der Waals surface area contributed by atoms with Crippen LogP contribution in [0.15, 0.2) is 21.5 Å². The van der Waals surface area contributed by atoms with Crippen LogP contribution in [-0.4, -0.2) is 38.0 Å². The first kappa shape index (κ1) is 15.7. The van der Waals surface area contributed by atoms with E-state index in [0.717, 1.165) is 12.8 Å². The highest BCUT2D eigenvalue weighted by Gasteiger charge is 2.40. The van der Waals surface area contributed by atoms with Crippen LogP contribution in [0.25, 0.3) is 0 Å². The Labute approximate surface area is 136 Å². The van der Waals surface area contributed by atoms with Gasteiger partial charge in [-0.05, 0) is 25.0 Å². The van der Waals surface area contributed by atoms with Crippen molar-refractivity contribution in [3.63, 3.8) is 0 Å². The van der Waals surface area contributed by atoms with Gasteiger partial charge in [-0.3, -0.25) is 0 Å². The summed E-state index contributed by atoms with van der Waals surface area (Å²) in [7, 11) is -3.88. The standard InChI is InChI=1S/C13H14BrClFNO3S/c14-9-3-8(5-15)13(16)12(4-9)21(18,19)17-6-10-1-2-11(7-17)20-10/h3-4,10-11H,1-2,5-7H2. The van der Waals surface area contributed by atoms with Crippen molar-refractivity contribution in [2.75, 3.05) is 13.1 Å². The summed E-state index contributed by atoms with van der Waals surface area (Å²) in [6, 6.07) is 2.78. The second kappa shape index (κ2) is 5.77. The maximum Gasteiger partial charge on any atom is 0.246 e. The van der Waals surface area contributed by atoms with Gasteiger partial charge in [-0.2, -0.15) is 4.31 Å². The molecule has 8 heteroatoms. The second-order valence-corrected chi connectivity index (χ2v) is 8.38. The van der Waals surface area contributed by atoms with Crippen LogP contribution >= 0.6 is 27.5 Å². The van der Waals surface area contributed by atoms with E-state index in [0.29, 0.717) is 4.47 Å². The number of sulfonamides is 1. The zero-order chi connectivity index (χ0) is 15.2. The van der Waals surface area contributed by atoms with E-state index < -0.39 is 15.8 Å². The van der Waals surface area contributed by atoms with Crippen molar-refractivity contribution in [1.82, 2.24) is 4.31 Å². The van der Waals surface area contributed by atoms with Gasteiger partial charge in [0, 0.05) is 23.1 Å². The lowest BCUT2D eigenvalue weighted by atomic mass is 10.2. The Morgan fingerprint density at radius 1 is 1.33 bits per heavy atom. The smallest absolute Gasteiger partial charge is 0.246 e. The number of halogens is 3. The minimum atomic E-state index is -3.88. The third-order valence-electron chi connectivity index (χ3n) is 3.85. The third kappa shape index (κ3) is 2.86. The number of ether oxygens (including phenoxy) is 1. The fourth-order valence-electron chi connectivity index (χ4n) is 2.82. The summed E-state index contributed by atoms with van der Waals surface area (Å²) in [5, 5.41) is 0. The molecule has 2 aliphatic heterocycles. The Morgan fingerprint density at radius 3 is 2.52 bits per heavy atom. The first-order valence-corrected chi connectivity index (χ1v) is 9.38. The molecule has 3 rings (SSSR count). The first-order chi connectivity index (χ1) is 9.91. The normalized spacial score (nSPS) is 26.2. The summed E-state index contributed by atoms with van der Waals surface area (Å²) in [6.45, 7) is 0.558. The highest BCUT2D eigenvalue weighted by molar-refractivity contribution is 9.10. The van der Waals surface area contributed by atoms with Crippen molar-refractivity contribution in [2.24, 2.45) is 0 Å². The maximum atomic E-state index is 14.4. The molecule has 0 aromatic heterocycles. The van der Waals surface area contributed by atoms with E-state index >= 15 is 0 Å². The predicted octanol–water partition coefficient (Wildman–Crippen LogP) is 2.88. The lowest BCUT2D eigenvalue weighted by Crippen LogP contribution is -2.45. The van der Waals surface area contributed by atoms with Crippen LogP contribution in [0.5, 0.6) is 0 Å². The third-order valence-corrected chi connectivity index (χ3v) is 6.43. The Kier molecular flexibility index (Phi) is 4.31. The van der Waals surface area contributed by atoms with Gasteiger partial charge >= 0.3 is 0 Å². The number of alkyl halides is 1. The molecule has 2 fully saturated rings. The molecule has 2 unspecified atom stereocenters. The molecule has 21 heavy (non-hydrogen) atoms. The Bertz CT molecular complexity index is 658. The number of hydrogen-bond donors (Lipinski definition) is 0. The van der Waals surface area contributed by atoms with Crippen LogP contribution in [0.3, 0.4) is 0 Å². The maximum absolute atomic E-state index is 14.4. The van der Waals surface area contributed by atoms with Crippen molar-refractivity contribution in [3.8, 4) is 0 Å². The predicted molar refractivity (Wildman–Crippen MR) is 80.3 cm³/mol.